The molecule has 6 heteroatoms. The van der Waals surface area contributed by atoms with Gasteiger partial charge in [0.1, 0.15) is 11.6 Å². The van der Waals surface area contributed by atoms with Crippen molar-refractivity contribution >= 4 is 17.4 Å². The van der Waals surface area contributed by atoms with Crippen molar-refractivity contribution < 1.29 is 9.53 Å². The molecule has 0 aliphatic carbocycles. The van der Waals surface area contributed by atoms with Gasteiger partial charge in [-0.25, -0.2) is 10.8 Å². The highest BCUT2D eigenvalue weighted by Gasteiger charge is 2.09. The number of pyridine rings is 1. The molecule has 2 aromatic rings. The van der Waals surface area contributed by atoms with E-state index in [1.807, 2.05) is 13.0 Å². The summed E-state index contributed by atoms with van der Waals surface area (Å²) in [5, 5.41) is 2.84. The zero-order valence-corrected chi connectivity index (χ0v) is 11.3. The first kappa shape index (κ1) is 13.8. The minimum absolute atomic E-state index is 0.225. The van der Waals surface area contributed by atoms with Gasteiger partial charge in [-0.05, 0) is 42.8 Å². The van der Waals surface area contributed by atoms with Crippen LogP contribution < -0.4 is 21.3 Å². The topological polar surface area (TPSA) is 89.3 Å². The standard InChI is InChI=1S/C14H16N4O2/c1-9-7-11(20-2)3-4-12(9)17-14(19)10-5-6-16-13(8-10)18-15/h3-8H,15H2,1-2H3,(H,16,18)(H,17,19). The van der Waals surface area contributed by atoms with Gasteiger partial charge in [-0.1, -0.05) is 0 Å². The van der Waals surface area contributed by atoms with Gasteiger partial charge in [0.05, 0.1) is 7.11 Å². The van der Waals surface area contributed by atoms with Crippen molar-refractivity contribution in [3.8, 4) is 5.75 Å². The molecule has 0 spiro atoms. The number of rotatable bonds is 4. The van der Waals surface area contributed by atoms with Crippen molar-refractivity contribution in [2.24, 2.45) is 5.84 Å². The molecule has 4 N–H and O–H groups in total. The van der Waals surface area contributed by atoms with Crippen LogP contribution in [0.5, 0.6) is 5.75 Å². The Labute approximate surface area is 116 Å². The highest BCUT2D eigenvalue weighted by Crippen LogP contribution is 2.21. The molecule has 0 radical (unpaired) electrons. The van der Waals surface area contributed by atoms with Gasteiger partial charge in [0.25, 0.3) is 5.91 Å². The van der Waals surface area contributed by atoms with Crippen LogP contribution in [0.1, 0.15) is 15.9 Å². The number of carbonyl (C=O) groups is 1. The molecule has 0 bridgehead atoms. The Morgan fingerprint density at radius 3 is 2.75 bits per heavy atom. The predicted molar refractivity (Wildman–Crippen MR) is 77.7 cm³/mol. The number of hydrazine groups is 1. The lowest BCUT2D eigenvalue weighted by molar-refractivity contribution is 0.102. The number of methoxy groups -OCH3 is 1. The van der Waals surface area contributed by atoms with E-state index in [2.05, 4.69) is 15.7 Å². The summed E-state index contributed by atoms with van der Waals surface area (Å²) in [7, 11) is 1.60. The largest absolute Gasteiger partial charge is 0.497 e. The summed E-state index contributed by atoms with van der Waals surface area (Å²) in [6.07, 6.45) is 1.52. The van der Waals surface area contributed by atoms with E-state index in [0.717, 1.165) is 17.0 Å². The monoisotopic (exact) mass is 272 g/mol. The molecule has 1 aromatic carbocycles. The fourth-order valence-corrected chi connectivity index (χ4v) is 1.75. The third kappa shape index (κ3) is 3.04. The molecule has 6 nitrogen and oxygen atoms in total. The van der Waals surface area contributed by atoms with Crippen LogP contribution in [0.4, 0.5) is 11.5 Å². The molecule has 0 aliphatic heterocycles. The van der Waals surface area contributed by atoms with E-state index in [-0.39, 0.29) is 5.91 Å². The third-order valence-electron chi connectivity index (χ3n) is 2.85. The maximum atomic E-state index is 12.2. The van der Waals surface area contributed by atoms with Crippen molar-refractivity contribution in [2.75, 3.05) is 17.9 Å². The Morgan fingerprint density at radius 2 is 2.10 bits per heavy atom. The lowest BCUT2D eigenvalue weighted by atomic mass is 10.1. The Hall–Kier alpha value is -2.60. The number of amides is 1. The van der Waals surface area contributed by atoms with Gasteiger partial charge in [0.2, 0.25) is 0 Å². The first-order valence-corrected chi connectivity index (χ1v) is 6.02. The Bertz CT molecular complexity index is 628. The Balaban J connectivity index is 2.18. The number of carbonyl (C=O) groups excluding carboxylic acids is 1. The van der Waals surface area contributed by atoms with Gasteiger partial charge in [-0.3, -0.25) is 4.79 Å². The first-order valence-electron chi connectivity index (χ1n) is 6.02. The molecule has 0 atom stereocenters. The predicted octanol–water partition coefficient (Wildman–Crippen LogP) is 1.94. The van der Waals surface area contributed by atoms with Crippen molar-refractivity contribution in [1.82, 2.24) is 4.98 Å². The fraction of sp³-hybridized carbons (Fsp3) is 0.143. The molecule has 0 fully saturated rings. The molecule has 1 aromatic heterocycles. The number of anilines is 2. The lowest BCUT2D eigenvalue weighted by Gasteiger charge is -2.10. The summed E-state index contributed by atoms with van der Waals surface area (Å²) in [6.45, 7) is 1.90. The zero-order valence-electron chi connectivity index (χ0n) is 11.3. The van der Waals surface area contributed by atoms with E-state index in [9.17, 15) is 4.79 Å². The second kappa shape index (κ2) is 6.03. The van der Waals surface area contributed by atoms with Crippen LogP contribution in [0.2, 0.25) is 0 Å². The lowest BCUT2D eigenvalue weighted by Crippen LogP contribution is -2.14. The highest BCUT2D eigenvalue weighted by molar-refractivity contribution is 6.05. The van der Waals surface area contributed by atoms with E-state index in [1.54, 1.807) is 31.4 Å². The molecule has 1 heterocycles. The highest BCUT2D eigenvalue weighted by atomic mass is 16.5. The Kier molecular flexibility index (Phi) is 4.17. The van der Waals surface area contributed by atoms with Gasteiger partial charge < -0.3 is 15.5 Å². The third-order valence-corrected chi connectivity index (χ3v) is 2.85. The van der Waals surface area contributed by atoms with Crippen LogP contribution in [0, 0.1) is 6.92 Å². The number of aromatic nitrogens is 1. The van der Waals surface area contributed by atoms with E-state index >= 15 is 0 Å². The number of nitrogens with zero attached hydrogens (tertiary/aromatic N) is 1. The van der Waals surface area contributed by atoms with Gasteiger partial charge in [-0.2, -0.15) is 0 Å². The average molecular weight is 272 g/mol. The molecule has 0 saturated heterocycles. The van der Waals surface area contributed by atoms with E-state index < -0.39 is 0 Å². The molecule has 1 amide bonds. The molecule has 104 valence electrons. The number of hydrogen-bond donors (Lipinski definition) is 3. The summed E-state index contributed by atoms with van der Waals surface area (Å²) in [5.41, 5.74) is 4.53. The van der Waals surface area contributed by atoms with E-state index in [0.29, 0.717) is 11.4 Å². The molecule has 0 saturated carbocycles. The van der Waals surface area contributed by atoms with Crippen LogP contribution in [0.25, 0.3) is 0 Å². The quantitative estimate of drug-likeness (QED) is 0.584. The molecule has 0 aliphatic rings. The minimum atomic E-state index is -0.225. The number of hydrogen-bond acceptors (Lipinski definition) is 5. The molecule has 2 rings (SSSR count). The second-order valence-corrected chi connectivity index (χ2v) is 4.21. The van der Waals surface area contributed by atoms with Crippen LogP contribution >= 0.6 is 0 Å². The molecular weight excluding hydrogens is 256 g/mol. The molecule has 0 unspecified atom stereocenters. The van der Waals surface area contributed by atoms with Crippen molar-refractivity contribution in [2.45, 2.75) is 6.92 Å². The maximum Gasteiger partial charge on any atom is 0.255 e. The summed E-state index contributed by atoms with van der Waals surface area (Å²) in [4.78, 5) is 16.1. The smallest absolute Gasteiger partial charge is 0.255 e. The average Bonchev–Trinajstić information content (AvgIpc) is 2.49. The second-order valence-electron chi connectivity index (χ2n) is 4.21. The number of ether oxygens (including phenoxy) is 1. The number of benzene rings is 1. The number of aryl methyl sites for hydroxylation is 1. The minimum Gasteiger partial charge on any atom is -0.497 e. The van der Waals surface area contributed by atoms with Crippen LogP contribution in [0.15, 0.2) is 36.5 Å². The summed E-state index contributed by atoms with van der Waals surface area (Å²) < 4.78 is 5.13. The van der Waals surface area contributed by atoms with Crippen LogP contribution in [-0.2, 0) is 0 Å². The zero-order chi connectivity index (χ0) is 14.5. The summed E-state index contributed by atoms with van der Waals surface area (Å²) in [5.74, 6) is 6.23. The SMILES string of the molecule is COc1ccc(NC(=O)c2ccnc(NN)c2)c(C)c1. The van der Waals surface area contributed by atoms with Crippen LogP contribution in [-0.4, -0.2) is 18.0 Å². The Morgan fingerprint density at radius 1 is 1.30 bits per heavy atom. The van der Waals surface area contributed by atoms with Crippen molar-refractivity contribution in [3.63, 3.8) is 0 Å². The van der Waals surface area contributed by atoms with Crippen molar-refractivity contribution in [1.29, 1.82) is 0 Å². The van der Waals surface area contributed by atoms with Gasteiger partial charge in [-0.15, -0.1) is 0 Å². The van der Waals surface area contributed by atoms with Crippen LogP contribution in [0.3, 0.4) is 0 Å². The van der Waals surface area contributed by atoms with Gasteiger partial charge in [0, 0.05) is 17.4 Å². The summed E-state index contributed by atoms with van der Waals surface area (Å²) in [6, 6.07) is 8.65. The number of nitrogen functional groups attached to an aromatic ring is 1. The van der Waals surface area contributed by atoms with Gasteiger partial charge >= 0.3 is 0 Å². The number of nitrogens with two attached hydrogens (primary N) is 1. The number of nitrogens with one attached hydrogen (secondary N) is 2. The van der Waals surface area contributed by atoms with E-state index in [4.69, 9.17) is 10.6 Å². The maximum absolute atomic E-state index is 12.2. The van der Waals surface area contributed by atoms with Crippen molar-refractivity contribution in [3.05, 3.63) is 47.7 Å². The van der Waals surface area contributed by atoms with E-state index in [1.165, 1.54) is 6.20 Å². The summed E-state index contributed by atoms with van der Waals surface area (Å²) >= 11 is 0. The van der Waals surface area contributed by atoms with Gasteiger partial charge in [0.15, 0.2) is 0 Å². The molecule has 20 heavy (non-hydrogen) atoms. The normalized spacial score (nSPS) is 9.95. The fourth-order valence-electron chi connectivity index (χ4n) is 1.75. The molecular formula is C14H16N4O2. The first-order chi connectivity index (χ1) is 9.63.